The topological polar surface area (TPSA) is 49.8 Å². The van der Waals surface area contributed by atoms with E-state index in [2.05, 4.69) is 13.8 Å². The van der Waals surface area contributed by atoms with Crippen molar-refractivity contribution in [2.75, 3.05) is 7.05 Å². The molecule has 4 nitrogen and oxygen atoms in total. The average molecular weight is 237 g/mol. The molecule has 2 aliphatic heterocycles. The summed E-state index contributed by atoms with van der Waals surface area (Å²) in [4.78, 5) is 14.2. The van der Waals surface area contributed by atoms with Crippen LogP contribution in [-0.4, -0.2) is 40.9 Å². The van der Waals surface area contributed by atoms with Gasteiger partial charge in [0.2, 0.25) is 5.91 Å². The molecule has 2 bridgehead atoms. The van der Waals surface area contributed by atoms with Gasteiger partial charge in [-0.1, -0.05) is 13.8 Å². The maximum Gasteiger partial charge on any atom is 0.228 e. The smallest absolute Gasteiger partial charge is 0.228 e. The molecule has 4 aliphatic rings. The summed E-state index contributed by atoms with van der Waals surface area (Å²) in [5, 5.41) is 10.2. The second kappa shape index (κ2) is 2.69. The minimum absolute atomic E-state index is 0.0150. The zero-order valence-electron chi connectivity index (χ0n) is 10.5. The van der Waals surface area contributed by atoms with E-state index in [9.17, 15) is 9.90 Å². The van der Waals surface area contributed by atoms with Crippen molar-refractivity contribution >= 4 is 5.91 Å². The van der Waals surface area contributed by atoms with E-state index in [4.69, 9.17) is 4.74 Å². The van der Waals surface area contributed by atoms with Crippen LogP contribution in [0.5, 0.6) is 0 Å². The monoisotopic (exact) mass is 237 g/mol. The van der Waals surface area contributed by atoms with Gasteiger partial charge < -0.3 is 14.7 Å². The van der Waals surface area contributed by atoms with E-state index >= 15 is 0 Å². The van der Waals surface area contributed by atoms with Gasteiger partial charge in [0.25, 0.3) is 0 Å². The molecule has 0 aromatic carbocycles. The molecule has 94 valence electrons. The van der Waals surface area contributed by atoms with Gasteiger partial charge in [0, 0.05) is 18.9 Å². The molecular formula is C13H19NO3. The van der Waals surface area contributed by atoms with Crippen molar-refractivity contribution in [2.24, 2.45) is 29.6 Å². The highest BCUT2D eigenvalue weighted by Gasteiger charge is 2.78. The summed E-state index contributed by atoms with van der Waals surface area (Å²) in [6.07, 6.45) is 0.536. The number of hydrogen-bond acceptors (Lipinski definition) is 3. The number of carbonyl (C=O) groups excluding carboxylic acids is 1. The molecule has 2 saturated heterocycles. The Balaban J connectivity index is 1.91. The minimum atomic E-state index is -0.441. The molecule has 7 unspecified atom stereocenters. The van der Waals surface area contributed by atoms with Crippen LogP contribution in [0.4, 0.5) is 0 Å². The second-order valence-corrected chi connectivity index (χ2v) is 6.49. The van der Waals surface area contributed by atoms with Crippen LogP contribution in [0.2, 0.25) is 0 Å². The van der Waals surface area contributed by atoms with E-state index in [1.54, 1.807) is 0 Å². The summed E-state index contributed by atoms with van der Waals surface area (Å²) >= 11 is 0. The molecule has 7 atom stereocenters. The van der Waals surface area contributed by atoms with Crippen molar-refractivity contribution in [2.45, 2.75) is 38.2 Å². The molecule has 4 fully saturated rings. The van der Waals surface area contributed by atoms with Crippen LogP contribution in [-0.2, 0) is 9.53 Å². The number of hydrogen-bond donors (Lipinski definition) is 1. The summed E-state index contributed by atoms with van der Waals surface area (Å²) in [5.74, 6) is 1.35. The molecule has 0 radical (unpaired) electrons. The Hall–Kier alpha value is -0.610. The molecule has 0 aromatic heterocycles. The Morgan fingerprint density at radius 3 is 2.82 bits per heavy atom. The predicted molar refractivity (Wildman–Crippen MR) is 59.8 cm³/mol. The lowest BCUT2D eigenvalue weighted by Gasteiger charge is -2.39. The zero-order chi connectivity index (χ0) is 12.1. The normalized spacial score (nSPS) is 58.9. The Morgan fingerprint density at radius 2 is 2.18 bits per heavy atom. The zero-order valence-corrected chi connectivity index (χ0v) is 10.5. The fourth-order valence-corrected chi connectivity index (χ4v) is 5.29. The molecule has 2 aliphatic carbocycles. The van der Waals surface area contributed by atoms with E-state index in [-0.39, 0.29) is 29.8 Å². The van der Waals surface area contributed by atoms with Crippen LogP contribution < -0.4 is 0 Å². The number of aliphatic hydroxyl groups excluding tert-OH is 1. The van der Waals surface area contributed by atoms with E-state index in [0.717, 1.165) is 6.42 Å². The SMILES string of the molecule is CC(C)C12OC3C(O)C4CC3C1C4C(=O)N2C. The number of nitrogens with zero attached hydrogens (tertiary/aromatic N) is 1. The number of rotatable bonds is 1. The summed E-state index contributed by atoms with van der Waals surface area (Å²) in [6, 6.07) is 0. The molecule has 4 heteroatoms. The van der Waals surface area contributed by atoms with Crippen LogP contribution in [0.1, 0.15) is 20.3 Å². The number of amides is 1. The molecule has 0 spiro atoms. The lowest BCUT2D eigenvalue weighted by Crippen LogP contribution is -2.52. The quantitative estimate of drug-likeness (QED) is 0.720. The first-order valence-electron chi connectivity index (χ1n) is 6.63. The molecule has 2 heterocycles. The van der Waals surface area contributed by atoms with Crippen molar-refractivity contribution in [3.05, 3.63) is 0 Å². The summed E-state index contributed by atoms with van der Waals surface area (Å²) < 4.78 is 6.23. The van der Waals surface area contributed by atoms with Gasteiger partial charge in [-0.15, -0.1) is 0 Å². The summed E-state index contributed by atoms with van der Waals surface area (Å²) in [6.45, 7) is 4.24. The molecule has 4 rings (SSSR count). The first-order chi connectivity index (χ1) is 8.00. The maximum atomic E-state index is 12.4. The fraction of sp³-hybridized carbons (Fsp3) is 0.923. The van der Waals surface area contributed by atoms with Crippen LogP contribution >= 0.6 is 0 Å². The highest BCUT2D eigenvalue weighted by atomic mass is 16.6. The van der Waals surface area contributed by atoms with Crippen molar-refractivity contribution in [3.8, 4) is 0 Å². The van der Waals surface area contributed by atoms with Crippen molar-refractivity contribution in [3.63, 3.8) is 0 Å². The Bertz CT molecular complexity index is 409. The van der Waals surface area contributed by atoms with Crippen molar-refractivity contribution in [1.82, 2.24) is 4.90 Å². The first kappa shape index (κ1) is 10.3. The van der Waals surface area contributed by atoms with E-state index in [1.807, 2.05) is 11.9 Å². The highest BCUT2D eigenvalue weighted by Crippen LogP contribution is 2.68. The lowest BCUT2D eigenvalue weighted by atomic mass is 9.74. The fourth-order valence-electron chi connectivity index (χ4n) is 5.29. The average Bonchev–Trinajstić information content (AvgIpc) is 2.90. The van der Waals surface area contributed by atoms with E-state index < -0.39 is 11.8 Å². The van der Waals surface area contributed by atoms with Crippen molar-refractivity contribution in [1.29, 1.82) is 0 Å². The number of aliphatic hydroxyl groups is 1. The van der Waals surface area contributed by atoms with Gasteiger partial charge in [-0.05, 0) is 18.3 Å². The summed E-state index contributed by atoms with van der Waals surface area (Å²) in [5.41, 5.74) is -0.441. The van der Waals surface area contributed by atoms with Crippen LogP contribution in [0.3, 0.4) is 0 Å². The standard InChI is InChI=1S/C13H19NO3/c1-5(2)13-9-7-4-6(10(15)11(7)17-13)8(9)12(16)14(13)3/h5-11,15H,4H2,1-3H3. The first-order valence-corrected chi connectivity index (χ1v) is 6.63. The Morgan fingerprint density at radius 1 is 1.47 bits per heavy atom. The van der Waals surface area contributed by atoms with Gasteiger partial charge in [-0.2, -0.15) is 0 Å². The van der Waals surface area contributed by atoms with Gasteiger partial charge in [-0.3, -0.25) is 4.79 Å². The predicted octanol–water partition coefficient (Wildman–Crippen LogP) is 0.452. The van der Waals surface area contributed by atoms with Crippen molar-refractivity contribution < 1.29 is 14.6 Å². The molecule has 1 amide bonds. The number of likely N-dealkylation sites (tertiary alicyclic amines) is 1. The van der Waals surface area contributed by atoms with E-state index in [0.29, 0.717) is 11.8 Å². The minimum Gasteiger partial charge on any atom is -0.390 e. The highest BCUT2D eigenvalue weighted by molar-refractivity contribution is 5.84. The largest absolute Gasteiger partial charge is 0.390 e. The second-order valence-electron chi connectivity index (χ2n) is 6.49. The summed E-state index contributed by atoms with van der Waals surface area (Å²) in [7, 11) is 1.87. The number of fused-ring (bicyclic) bond motifs is 2. The third-order valence-electron chi connectivity index (χ3n) is 5.82. The van der Waals surface area contributed by atoms with E-state index in [1.165, 1.54) is 0 Å². The number of ether oxygens (including phenoxy) is 1. The Labute approximate surface area is 101 Å². The third-order valence-corrected chi connectivity index (χ3v) is 5.82. The lowest BCUT2D eigenvalue weighted by molar-refractivity contribution is -0.186. The molecule has 17 heavy (non-hydrogen) atoms. The van der Waals surface area contributed by atoms with Gasteiger partial charge in [0.1, 0.15) is 5.72 Å². The van der Waals surface area contributed by atoms with Gasteiger partial charge in [0.15, 0.2) is 0 Å². The maximum absolute atomic E-state index is 12.4. The molecule has 1 N–H and O–H groups in total. The van der Waals surface area contributed by atoms with Crippen LogP contribution in [0.15, 0.2) is 0 Å². The Kier molecular flexibility index (Phi) is 1.64. The molecule has 2 saturated carbocycles. The van der Waals surface area contributed by atoms with Gasteiger partial charge in [0.05, 0.1) is 18.1 Å². The van der Waals surface area contributed by atoms with Gasteiger partial charge in [-0.25, -0.2) is 0 Å². The van der Waals surface area contributed by atoms with Gasteiger partial charge >= 0.3 is 0 Å². The van der Waals surface area contributed by atoms with Crippen LogP contribution in [0, 0.1) is 29.6 Å². The van der Waals surface area contributed by atoms with Crippen LogP contribution in [0.25, 0.3) is 0 Å². The third kappa shape index (κ3) is 0.809. The molecular weight excluding hydrogens is 218 g/mol. The number of carbonyl (C=O) groups is 1. The molecule has 0 aromatic rings.